The van der Waals surface area contributed by atoms with Crippen molar-refractivity contribution in [2.75, 3.05) is 12.3 Å². The summed E-state index contributed by atoms with van der Waals surface area (Å²) in [5.74, 6) is 1.97. The third-order valence-corrected chi connectivity index (χ3v) is 6.05. The van der Waals surface area contributed by atoms with Crippen molar-refractivity contribution in [3.8, 4) is 0 Å². The quantitative estimate of drug-likeness (QED) is 0.903. The molecule has 0 aliphatic carbocycles. The van der Waals surface area contributed by atoms with E-state index < -0.39 is 9.84 Å². The normalized spacial score (nSPS) is 24.2. The van der Waals surface area contributed by atoms with Crippen LogP contribution < -0.4 is 5.32 Å². The van der Waals surface area contributed by atoms with Crippen LogP contribution in [0.2, 0.25) is 0 Å². The molecule has 5 heteroatoms. The molecule has 1 aromatic rings. The van der Waals surface area contributed by atoms with E-state index in [0.717, 1.165) is 43.7 Å². The molecule has 2 unspecified atom stereocenters. The summed E-state index contributed by atoms with van der Waals surface area (Å²) in [7, 11) is -3.01. The summed E-state index contributed by atoms with van der Waals surface area (Å²) in [5.41, 5.74) is 0. The molecule has 1 aliphatic rings. The summed E-state index contributed by atoms with van der Waals surface area (Å²) in [5, 5.41) is 2.94. The summed E-state index contributed by atoms with van der Waals surface area (Å²) in [6.07, 6.45) is 3.32. The van der Waals surface area contributed by atoms with Crippen molar-refractivity contribution in [2.45, 2.75) is 50.8 Å². The van der Waals surface area contributed by atoms with Gasteiger partial charge < -0.3 is 9.73 Å². The van der Waals surface area contributed by atoms with Crippen LogP contribution in [0.4, 0.5) is 0 Å². The molecule has 108 valence electrons. The second-order valence-corrected chi connectivity index (χ2v) is 7.43. The Morgan fingerprint density at radius 2 is 2.16 bits per heavy atom. The van der Waals surface area contributed by atoms with Gasteiger partial charge >= 0.3 is 0 Å². The zero-order valence-corrected chi connectivity index (χ0v) is 12.5. The number of aryl methyl sites for hydroxylation is 1. The van der Waals surface area contributed by atoms with Gasteiger partial charge in [0.25, 0.3) is 0 Å². The number of furan rings is 1. The Morgan fingerprint density at radius 3 is 2.74 bits per heavy atom. The van der Waals surface area contributed by atoms with Gasteiger partial charge in [-0.1, -0.05) is 20.3 Å². The number of rotatable bonds is 5. The van der Waals surface area contributed by atoms with E-state index in [1.165, 1.54) is 0 Å². The molecule has 0 spiro atoms. The average Bonchev–Trinajstić information content (AvgIpc) is 2.85. The predicted molar refractivity (Wildman–Crippen MR) is 75.9 cm³/mol. The summed E-state index contributed by atoms with van der Waals surface area (Å²) < 4.78 is 30.3. The van der Waals surface area contributed by atoms with Crippen LogP contribution in [0.3, 0.4) is 0 Å². The first-order chi connectivity index (χ1) is 9.08. The fourth-order valence-corrected chi connectivity index (χ4v) is 4.82. The van der Waals surface area contributed by atoms with E-state index in [9.17, 15) is 8.42 Å². The average molecular weight is 285 g/mol. The maximum absolute atomic E-state index is 12.3. The van der Waals surface area contributed by atoms with Crippen molar-refractivity contribution in [3.63, 3.8) is 0 Å². The van der Waals surface area contributed by atoms with E-state index in [1.54, 1.807) is 0 Å². The Labute approximate surface area is 115 Å². The molecule has 0 bridgehead atoms. The van der Waals surface area contributed by atoms with Crippen LogP contribution in [0.5, 0.6) is 0 Å². The molecule has 1 aromatic heterocycles. The molecule has 0 saturated carbocycles. The lowest BCUT2D eigenvalue weighted by Crippen LogP contribution is -2.40. The molecule has 0 aromatic carbocycles. The molecule has 2 heterocycles. The van der Waals surface area contributed by atoms with E-state index in [4.69, 9.17) is 4.42 Å². The highest BCUT2D eigenvalue weighted by Crippen LogP contribution is 2.31. The van der Waals surface area contributed by atoms with Crippen LogP contribution >= 0.6 is 0 Å². The largest absolute Gasteiger partial charge is 0.464 e. The molecular formula is C14H23NO3S. The third-order valence-electron chi connectivity index (χ3n) is 3.76. The monoisotopic (exact) mass is 285 g/mol. The highest BCUT2D eigenvalue weighted by molar-refractivity contribution is 7.92. The van der Waals surface area contributed by atoms with Gasteiger partial charge in [-0.2, -0.15) is 0 Å². The van der Waals surface area contributed by atoms with Crippen LogP contribution in [-0.4, -0.2) is 26.0 Å². The topological polar surface area (TPSA) is 59.3 Å². The van der Waals surface area contributed by atoms with Crippen LogP contribution in [0.25, 0.3) is 0 Å². The molecule has 4 nitrogen and oxygen atoms in total. The van der Waals surface area contributed by atoms with E-state index in [-0.39, 0.29) is 11.3 Å². The maximum atomic E-state index is 12.3. The summed E-state index contributed by atoms with van der Waals surface area (Å²) in [6.45, 7) is 4.76. The van der Waals surface area contributed by atoms with Crippen molar-refractivity contribution in [1.29, 1.82) is 0 Å². The maximum Gasteiger partial charge on any atom is 0.155 e. The molecule has 2 rings (SSSR count). The van der Waals surface area contributed by atoms with Gasteiger partial charge in [-0.25, -0.2) is 8.42 Å². The minimum Gasteiger partial charge on any atom is -0.464 e. The van der Waals surface area contributed by atoms with Crippen LogP contribution in [0.1, 0.15) is 50.7 Å². The first-order valence-corrected chi connectivity index (χ1v) is 8.83. The fourth-order valence-electron chi connectivity index (χ4n) is 2.74. The Balaban J connectivity index is 2.28. The highest BCUT2D eigenvalue weighted by atomic mass is 32.2. The van der Waals surface area contributed by atoms with Gasteiger partial charge in [0.1, 0.15) is 11.5 Å². The van der Waals surface area contributed by atoms with Crippen LogP contribution in [0, 0.1) is 0 Å². The lowest BCUT2D eigenvalue weighted by Gasteiger charge is -2.29. The molecular weight excluding hydrogens is 262 g/mol. The molecule has 2 atom stereocenters. The van der Waals surface area contributed by atoms with E-state index in [0.29, 0.717) is 5.75 Å². The number of sulfone groups is 1. The summed E-state index contributed by atoms with van der Waals surface area (Å²) in [6, 6.07) is 3.64. The summed E-state index contributed by atoms with van der Waals surface area (Å²) >= 11 is 0. The van der Waals surface area contributed by atoms with Crippen molar-refractivity contribution in [1.82, 2.24) is 5.32 Å². The Hall–Kier alpha value is -0.810. The zero-order valence-electron chi connectivity index (χ0n) is 11.7. The molecule has 0 amide bonds. The van der Waals surface area contributed by atoms with Crippen LogP contribution in [0.15, 0.2) is 16.5 Å². The Kier molecular flexibility index (Phi) is 4.68. The smallest absolute Gasteiger partial charge is 0.155 e. The van der Waals surface area contributed by atoms with Gasteiger partial charge in [0.15, 0.2) is 9.84 Å². The Bertz CT molecular complexity index is 507. The van der Waals surface area contributed by atoms with Gasteiger partial charge in [0, 0.05) is 6.42 Å². The number of hydrogen-bond donors (Lipinski definition) is 1. The van der Waals surface area contributed by atoms with Gasteiger partial charge in [0.05, 0.1) is 17.0 Å². The van der Waals surface area contributed by atoms with Crippen molar-refractivity contribution in [3.05, 3.63) is 23.7 Å². The third kappa shape index (κ3) is 3.20. The van der Waals surface area contributed by atoms with Crippen molar-refractivity contribution in [2.24, 2.45) is 0 Å². The van der Waals surface area contributed by atoms with Crippen molar-refractivity contribution >= 4 is 9.84 Å². The van der Waals surface area contributed by atoms with Gasteiger partial charge in [-0.15, -0.1) is 0 Å². The molecule has 1 saturated heterocycles. The molecule has 1 fully saturated rings. The minimum absolute atomic E-state index is 0.212. The lowest BCUT2D eigenvalue weighted by molar-refractivity contribution is 0.369. The standard InChI is InChI=1S/C14H23NO3S/c1-3-11-8-9-12(18-11)14(15-4-2)13-7-5-6-10-19(13,16)17/h8-9,13-15H,3-7,10H2,1-2H3. The molecule has 0 radical (unpaired) electrons. The lowest BCUT2D eigenvalue weighted by atomic mass is 10.0. The van der Waals surface area contributed by atoms with E-state index in [2.05, 4.69) is 5.32 Å². The number of hydrogen-bond acceptors (Lipinski definition) is 4. The second-order valence-electron chi connectivity index (χ2n) is 5.09. The first-order valence-electron chi connectivity index (χ1n) is 7.12. The predicted octanol–water partition coefficient (Wildman–Crippen LogP) is 2.46. The summed E-state index contributed by atoms with van der Waals surface area (Å²) in [4.78, 5) is 0. The SMILES string of the molecule is CCNC(c1ccc(CC)o1)C1CCCCS1(=O)=O. The molecule has 1 N–H and O–H groups in total. The van der Waals surface area contributed by atoms with E-state index >= 15 is 0 Å². The minimum atomic E-state index is -3.01. The van der Waals surface area contributed by atoms with Crippen molar-refractivity contribution < 1.29 is 12.8 Å². The fraction of sp³-hybridized carbons (Fsp3) is 0.714. The second kappa shape index (κ2) is 6.09. The van der Waals surface area contributed by atoms with Gasteiger partial charge in [-0.05, 0) is 31.5 Å². The van der Waals surface area contributed by atoms with Gasteiger partial charge in [-0.3, -0.25) is 0 Å². The van der Waals surface area contributed by atoms with E-state index in [1.807, 2.05) is 26.0 Å². The highest BCUT2D eigenvalue weighted by Gasteiger charge is 2.37. The zero-order chi connectivity index (χ0) is 13.9. The molecule has 1 aliphatic heterocycles. The van der Waals surface area contributed by atoms with Crippen LogP contribution in [-0.2, 0) is 16.3 Å². The van der Waals surface area contributed by atoms with Gasteiger partial charge in [0.2, 0.25) is 0 Å². The molecule has 19 heavy (non-hydrogen) atoms. The first kappa shape index (κ1) is 14.6. The number of nitrogens with one attached hydrogen (secondary N) is 1. The Morgan fingerprint density at radius 1 is 1.37 bits per heavy atom.